The van der Waals surface area contributed by atoms with Crippen LogP contribution >= 0.6 is 9.47 Å². The summed E-state index contributed by atoms with van der Waals surface area (Å²) in [6.45, 7) is 2.04. The lowest BCUT2D eigenvalue weighted by Crippen LogP contribution is -2.16. The highest BCUT2D eigenvalue weighted by Crippen LogP contribution is 2.04. The predicted octanol–water partition coefficient (Wildman–Crippen LogP) is 0.810. The third kappa shape index (κ3) is 3.33. The molecule has 0 bridgehead atoms. The van der Waals surface area contributed by atoms with Crippen LogP contribution in [0.1, 0.15) is 19.8 Å². The first-order chi connectivity index (χ1) is 3.85. The monoisotopic (exact) mass is 137 g/mol. The fourth-order valence-corrected chi connectivity index (χ4v) is 0.604. The van der Waals surface area contributed by atoms with E-state index in [9.17, 15) is 0 Å². The van der Waals surface area contributed by atoms with E-state index in [0.29, 0.717) is 0 Å². The molecule has 0 saturated carbocycles. The molecule has 0 aromatic heterocycles. The van der Waals surface area contributed by atoms with Crippen molar-refractivity contribution in [2.45, 2.75) is 26.1 Å². The molecule has 2 N–H and O–H groups in total. The molecule has 2 unspecified atom stereocenters. The lowest BCUT2D eigenvalue weighted by Gasteiger charge is -2.08. The molecule has 0 saturated heterocycles. The van der Waals surface area contributed by atoms with Crippen molar-refractivity contribution in [3.63, 3.8) is 0 Å². The molecule has 0 aliphatic carbocycles. The van der Waals surface area contributed by atoms with Crippen LogP contribution in [0.15, 0.2) is 0 Å². The van der Waals surface area contributed by atoms with Crippen LogP contribution < -0.4 is 5.90 Å². The minimum atomic E-state index is -0.259. The molecule has 0 heterocycles. The summed E-state index contributed by atoms with van der Waals surface area (Å²) in [4.78, 5) is 4.40. The Balaban J connectivity index is 3.07. The third-order valence-corrected chi connectivity index (χ3v) is 1.13. The first-order valence-electron chi connectivity index (χ1n) is 2.56. The summed E-state index contributed by atoms with van der Waals surface area (Å²) in [7, 11) is 2.11. The summed E-state index contributed by atoms with van der Waals surface area (Å²) in [6, 6.07) is 0. The molecule has 50 valence electrons. The van der Waals surface area contributed by atoms with Crippen molar-refractivity contribution in [3.8, 4) is 0 Å². The van der Waals surface area contributed by atoms with Gasteiger partial charge in [-0.15, -0.1) is 0 Å². The van der Waals surface area contributed by atoms with Crippen molar-refractivity contribution in [3.05, 3.63) is 0 Å². The topological polar surface area (TPSA) is 44.5 Å². The maximum Gasteiger partial charge on any atom is 0.179 e. The van der Waals surface area contributed by atoms with Crippen LogP contribution in [-0.2, 0) is 9.36 Å². The first-order valence-corrected chi connectivity index (χ1v) is 3.03. The Morgan fingerprint density at radius 3 is 2.50 bits per heavy atom. The van der Waals surface area contributed by atoms with Crippen LogP contribution in [0.25, 0.3) is 0 Å². The Hall–Kier alpha value is 0.310. The van der Waals surface area contributed by atoms with Gasteiger partial charge in [0.25, 0.3) is 0 Å². The largest absolute Gasteiger partial charge is 0.335 e. The quantitative estimate of drug-likeness (QED) is 0.354. The highest BCUT2D eigenvalue weighted by Gasteiger charge is 2.01. The molecule has 3 nitrogen and oxygen atoms in total. The van der Waals surface area contributed by atoms with Crippen LogP contribution in [0.3, 0.4) is 0 Å². The van der Waals surface area contributed by atoms with Crippen molar-refractivity contribution < 1.29 is 9.36 Å². The van der Waals surface area contributed by atoms with Gasteiger partial charge < -0.3 is 4.52 Å². The molecule has 0 rings (SSSR count). The zero-order valence-electron chi connectivity index (χ0n) is 4.96. The van der Waals surface area contributed by atoms with Gasteiger partial charge >= 0.3 is 0 Å². The maximum absolute atomic E-state index is 4.83. The van der Waals surface area contributed by atoms with E-state index in [1.807, 2.05) is 6.92 Å². The molecule has 0 amide bonds. The molecule has 0 aliphatic rings. The molecular weight excluding hydrogens is 125 g/mol. The fraction of sp³-hybridized carbons (Fsp3) is 1.00. The average Bonchev–Trinajstić information content (AvgIpc) is 1.83. The standard InChI is InChI=1S/C4H12NO2P/c1-2-3-4(6-5)7-8/h4H,2-3,5,8H2,1H3. The second-order valence-corrected chi connectivity index (χ2v) is 1.76. The Morgan fingerprint density at radius 2 is 2.38 bits per heavy atom. The summed E-state index contributed by atoms with van der Waals surface area (Å²) < 4.78 is 4.71. The summed E-state index contributed by atoms with van der Waals surface area (Å²) >= 11 is 0. The van der Waals surface area contributed by atoms with Gasteiger partial charge in [-0.1, -0.05) is 13.3 Å². The van der Waals surface area contributed by atoms with Gasteiger partial charge in [-0.25, -0.2) is 5.90 Å². The second-order valence-electron chi connectivity index (χ2n) is 1.49. The van der Waals surface area contributed by atoms with E-state index in [2.05, 4.69) is 14.3 Å². The average molecular weight is 137 g/mol. The molecule has 0 aromatic carbocycles. The Morgan fingerprint density at radius 1 is 1.75 bits per heavy atom. The van der Waals surface area contributed by atoms with Crippen molar-refractivity contribution in [1.82, 2.24) is 0 Å². The van der Waals surface area contributed by atoms with E-state index in [1.54, 1.807) is 0 Å². The molecule has 2 atom stereocenters. The molecule has 4 heteroatoms. The summed E-state index contributed by atoms with van der Waals surface area (Å²) in [5.74, 6) is 4.83. The highest BCUT2D eigenvalue weighted by molar-refractivity contribution is 7.09. The highest BCUT2D eigenvalue weighted by atomic mass is 31.0. The Labute approximate surface area is 51.8 Å². The van der Waals surface area contributed by atoms with Gasteiger partial charge in [-0.05, 0) is 0 Å². The van der Waals surface area contributed by atoms with E-state index in [4.69, 9.17) is 10.4 Å². The van der Waals surface area contributed by atoms with Gasteiger partial charge in [0, 0.05) is 15.9 Å². The second kappa shape index (κ2) is 5.45. The lowest BCUT2D eigenvalue weighted by atomic mass is 10.3. The number of rotatable bonds is 4. The van der Waals surface area contributed by atoms with Crippen LogP contribution in [-0.4, -0.2) is 6.29 Å². The molecular formula is C4H12NO2P. The normalized spacial score (nSPS) is 13.9. The summed E-state index contributed by atoms with van der Waals surface area (Å²) in [6.07, 6.45) is 1.58. The minimum absolute atomic E-state index is 0.259. The van der Waals surface area contributed by atoms with E-state index < -0.39 is 0 Å². The predicted molar refractivity (Wildman–Crippen MR) is 34.8 cm³/mol. The molecule has 0 radical (unpaired) electrons. The SMILES string of the molecule is CCCC(ON)OP. The van der Waals surface area contributed by atoms with E-state index >= 15 is 0 Å². The van der Waals surface area contributed by atoms with Gasteiger partial charge in [-0.2, -0.15) is 0 Å². The van der Waals surface area contributed by atoms with Crippen LogP contribution in [0.5, 0.6) is 0 Å². The van der Waals surface area contributed by atoms with Crippen LogP contribution in [0.4, 0.5) is 0 Å². The van der Waals surface area contributed by atoms with Crippen LogP contribution in [0, 0.1) is 0 Å². The van der Waals surface area contributed by atoms with Gasteiger partial charge in [0.1, 0.15) is 0 Å². The third-order valence-electron chi connectivity index (χ3n) is 0.828. The van der Waals surface area contributed by atoms with Gasteiger partial charge in [0.05, 0.1) is 0 Å². The number of nitrogens with two attached hydrogens (primary N) is 1. The minimum Gasteiger partial charge on any atom is -0.335 e. The van der Waals surface area contributed by atoms with Crippen molar-refractivity contribution in [2.75, 3.05) is 0 Å². The number of hydrogen-bond acceptors (Lipinski definition) is 3. The Kier molecular flexibility index (Phi) is 5.66. The zero-order valence-corrected chi connectivity index (χ0v) is 6.12. The fourth-order valence-electron chi connectivity index (χ4n) is 0.404. The van der Waals surface area contributed by atoms with Crippen molar-refractivity contribution in [1.29, 1.82) is 0 Å². The summed E-state index contributed by atoms with van der Waals surface area (Å²) in [5, 5.41) is 0. The van der Waals surface area contributed by atoms with Gasteiger partial charge in [-0.3, -0.25) is 4.84 Å². The molecule has 0 aliphatic heterocycles. The van der Waals surface area contributed by atoms with E-state index in [1.165, 1.54) is 0 Å². The van der Waals surface area contributed by atoms with Gasteiger partial charge in [0.2, 0.25) is 0 Å². The molecule has 0 spiro atoms. The maximum atomic E-state index is 4.83. The van der Waals surface area contributed by atoms with E-state index in [0.717, 1.165) is 12.8 Å². The van der Waals surface area contributed by atoms with Crippen LogP contribution in [0.2, 0.25) is 0 Å². The molecule has 0 fully saturated rings. The molecule has 0 aromatic rings. The number of hydrogen-bond donors (Lipinski definition) is 1. The van der Waals surface area contributed by atoms with Crippen molar-refractivity contribution >= 4 is 9.47 Å². The van der Waals surface area contributed by atoms with E-state index in [-0.39, 0.29) is 6.29 Å². The smallest absolute Gasteiger partial charge is 0.179 e. The molecule has 8 heavy (non-hydrogen) atoms. The van der Waals surface area contributed by atoms with Gasteiger partial charge in [0.15, 0.2) is 6.29 Å². The first kappa shape index (κ1) is 8.31. The Bertz CT molecular complexity index is 49.3. The summed E-state index contributed by atoms with van der Waals surface area (Å²) in [5.41, 5.74) is 0. The van der Waals surface area contributed by atoms with Crippen molar-refractivity contribution in [2.24, 2.45) is 5.90 Å². The zero-order chi connectivity index (χ0) is 6.41. The lowest BCUT2D eigenvalue weighted by molar-refractivity contribution is -0.0773.